The van der Waals surface area contributed by atoms with Crippen LogP contribution in [0.15, 0.2) is 62.2 Å². The molecule has 10 nitrogen and oxygen atoms in total. The van der Waals surface area contributed by atoms with Crippen molar-refractivity contribution < 1.29 is 38.2 Å². The number of esters is 1. The Morgan fingerprint density at radius 1 is 1.09 bits per heavy atom. The zero-order valence-electron chi connectivity index (χ0n) is 18.5. The molecule has 0 saturated carbocycles. The second-order valence-electron chi connectivity index (χ2n) is 7.68. The lowest BCUT2D eigenvalue weighted by molar-refractivity contribution is -0.156. The molecule has 2 atom stereocenters. The number of carbonyl (C=O) groups excluding carboxylic acids is 2. The summed E-state index contributed by atoms with van der Waals surface area (Å²) >= 11 is 6.04. The van der Waals surface area contributed by atoms with E-state index in [2.05, 4.69) is 9.73 Å². The van der Waals surface area contributed by atoms with Gasteiger partial charge >= 0.3 is 23.7 Å². The monoisotopic (exact) mass is 503 g/mol. The van der Waals surface area contributed by atoms with Crippen LogP contribution in [0.4, 0.5) is 0 Å². The van der Waals surface area contributed by atoms with Crippen molar-refractivity contribution in [3.05, 3.63) is 81.3 Å². The van der Waals surface area contributed by atoms with Gasteiger partial charge in [0.1, 0.15) is 0 Å². The van der Waals surface area contributed by atoms with Gasteiger partial charge in [-0.2, -0.15) is 0 Å². The van der Waals surface area contributed by atoms with Crippen LogP contribution in [-0.4, -0.2) is 40.2 Å². The van der Waals surface area contributed by atoms with Crippen molar-refractivity contribution in [3.63, 3.8) is 0 Å². The maximum atomic E-state index is 12.2. The van der Waals surface area contributed by atoms with Gasteiger partial charge in [0.2, 0.25) is 0 Å². The minimum absolute atomic E-state index is 0.00827. The zero-order chi connectivity index (χ0) is 25.5. The molecule has 0 fully saturated rings. The molecule has 3 rings (SSSR count). The third kappa shape index (κ3) is 7.29. The van der Waals surface area contributed by atoms with E-state index in [4.69, 9.17) is 25.9 Å². The van der Waals surface area contributed by atoms with Gasteiger partial charge in [-0.05, 0) is 42.2 Å². The van der Waals surface area contributed by atoms with Crippen LogP contribution in [0, 0.1) is 6.92 Å². The zero-order valence-corrected chi connectivity index (χ0v) is 19.3. The second-order valence-corrected chi connectivity index (χ2v) is 8.12. The maximum absolute atomic E-state index is 12.2. The van der Waals surface area contributed by atoms with Crippen LogP contribution in [-0.2, 0) is 32.1 Å². The largest absolute Gasteiger partial charge is 0.519 e. The fourth-order valence-electron chi connectivity index (χ4n) is 3.33. The molecule has 3 N–H and O–H groups in total. The number of carboxylic acids is 1. The van der Waals surface area contributed by atoms with Gasteiger partial charge in [-0.3, -0.25) is 4.79 Å². The first-order chi connectivity index (χ1) is 16.6. The van der Waals surface area contributed by atoms with Gasteiger partial charge in [0.05, 0.1) is 0 Å². The van der Waals surface area contributed by atoms with E-state index in [0.29, 0.717) is 5.02 Å². The van der Waals surface area contributed by atoms with E-state index in [1.807, 2.05) is 30.3 Å². The lowest BCUT2D eigenvalue weighted by Gasteiger charge is -2.20. The standard InChI is InChI=1S/C24H22ClNO9/c1-13-20(35-24(32)34-13)12-33-23(31)19(27)11-18(26-21(28)22(29)30)9-14-5-7-15(8-6-14)16-3-2-4-17(25)10-16/h2-8,10,18-19,27H,9,11-12H2,1H3,(H,26,28)(H,29,30). The molecule has 184 valence electrons. The number of amides is 1. The number of benzene rings is 2. The Morgan fingerprint density at radius 2 is 1.80 bits per heavy atom. The number of nitrogens with one attached hydrogen (secondary N) is 1. The third-order valence-electron chi connectivity index (χ3n) is 5.08. The van der Waals surface area contributed by atoms with Crippen molar-refractivity contribution in [1.29, 1.82) is 0 Å². The van der Waals surface area contributed by atoms with Gasteiger partial charge in [-0.15, -0.1) is 0 Å². The van der Waals surface area contributed by atoms with Crippen LogP contribution in [0.1, 0.15) is 23.5 Å². The summed E-state index contributed by atoms with van der Waals surface area (Å²) in [6, 6.07) is 13.6. The number of aliphatic carboxylic acids is 1. The summed E-state index contributed by atoms with van der Waals surface area (Å²) < 4.78 is 14.3. The summed E-state index contributed by atoms with van der Waals surface area (Å²) in [6.45, 7) is 1.00. The number of ether oxygens (including phenoxy) is 1. The average molecular weight is 504 g/mol. The van der Waals surface area contributed by atoms with E-state index in [1.165, 1.54) is 6.92 Å². The summed E-state index contributed by atoms with van der Waals surface area (Å²) in [5.74, 6) is -4.85. The Hall–Kier alpha value is -3.89. The van der Waals surface area contributed by atoms with Gasteiger partial charge in [0.15, 0.2) is 24.2 Å². The fraction of sp³-hybridized carbons (Fsp3) is 0.250. The molecule has 0 radical (unpaired) electrons. The van der Waals surface area contributed by atoms with Gasteiger partial charge in [-0.1, -0.05) is 48.0 Å². The quantitative estimate of drug-likeness (QED) is 0.295. The lowest BCUT2D eigenvalue weighted by atomic mass is 9.98. The minimum atomic E-state index is -1.70. The van der Waals surface area contributed by atoms with Crippen molar-refractivity contribution in [3.8, 4) is 11.1 Å². The predicted molar refractivity (Wildman–Crippen MR) is 123 cm³/mol. The molecule has 0 aliphatic rings. The van der Waals surface area contributed by atoms with Crippen LogP contribution in [0.3, 0.4) is 0 Å². The van der Waals surface area contributed by atoms with E-state index in [1.54, 1.807) is 18.2 Å². The van der Waals surface area contributed by atoms with E-state index in [9.17, 15) is 24.3 Å². The molecule has 1 heterocycles. The molecule has 0 aliphatic heterocycles. The summed E-state index contributed by atoms with van der Waals surface area (Å²) in [5, 5.41) is 22.1. The Kier molecular flexibility index (Phi) is 8.45. The lowest BCUT2D eigenvalue weighted by Crippen LogP contribution is -2.43. The molecule has 0 spiro atoms. The first-order valence-electron chi connectivity index (χ1n) is 10.4. The Balaban J connectivity index is 1.66. The van der Waals surface area contributed by atoms with Gasteiger partial charge in [0, 0.05) is 17.5 Å². The van der Waals surface area contributed by atoms with E-state index < -0.39 is 42.4 Å². The predicted octanol–water partition coefficient (Wildman–Crippen LogP) is 2.47. The SMILES string of the molecule is Cc1oc(=O)oc1COC(=O)C(O)CC(Cc1ccc(-c2cccc(Cl)c2)cc1)NC(=O)C(=O)O. The second kappa shape index (κ2) is 11.5. The maximum Gasteiger partial charge on any atom is 0.519 e. The molecule has 2 unspecified atom stereocenters. The van der Waals surface area contributed by atoms with Crippen molar-refractivity contribution in [2.75, 3.05) is 0 Å². The number of hydrogen-bond donors (Lipinski definition) is 3. The van der Waals surface area contributed by atoms with E-state index in [0.717, 1.165) is 16.7 Å². The Labute approximate surface area is 204 Å². The first-order valence-corrected chi connectivity index (χ1v) is 10.8. The molecule has 2 aromatic carbocycles. The van der Waals surface area contributed by atoms with Crippen molar-refractivity contribution in [1.82, 2.24) is 5.32 Å². The number of aliphatic hydroxyl groups excluding tert-OH is 1. The van der Waals surface area contributed by atoms with Gasteiger partial charge < -0.3 is 29.1 Å². The number of halogens is 1. The number of aliphatic hydroxyl groups is 1. The Morgan fingerprint density at radius 3 is 2.40 bits per heavy atom. The summed E-state index contributed by atoms with van der Waals surface area (Å²) in [7, 11) is 0. The van der Waals surface area contributed by atoms with E-state index in [-0.39, 0.29) is 24.4 Å². The topological polar surface area (TPSA) is 156 Å². The van der Waals surface area contributed by atoms with Crippen LogP contribution in [0.2, 0.25) is 5.02 Å². The van der Waals surface area contributed by atoms with Crippen LogP contribution in [0.5, 0.6) is 0 Å². The fourth-order valence-corrected chi connectivity index (χ4v) is 3.52. The molecule has 0 bridgehead atoms. The molecule has 3 aromatic rings. The normalized spacial score (nSPS) is 12.5. The number of hydrogen-bond acceptors (Lipinski definition) is 8. The highest BCUT2D eigenvalue weighted by atomic mass is 35.5. The smallest absolute Gasteiger partial charge is 0.474 e. The van der Waals surface area contributed by atoms with E-state index >= 15 is 0 Å². The molecular weight excluding hydrogens is 482 g/mol. The van der Waals surface area contributed by atoms with Crippen LogP contribution in [0.25, 0.3) is 11.1 Å². The van der Waals surface area contributed by atoms with Gasteiger partial charge in [-0.25, -0.2) is 14.4 Å². The molecule has 1 aromatic heterocycles. The summed E-state index contributed by atoms with van der Waals surface area (Å²) in [6.07, 6.45) is -1.87. The third-order valence-corrected chi connectivity index (χ3v) is 5.32. The number of rotatable bonds is 9. The van der Waals surface area contributed by atoms with Gasteiger partial charge in [0.25, 0.3) is 0 Å². The molecule has 11 heteroatoms. The highest BCUT2D eigenvalue weighted by Gasteiger charge is 2.26. The molecule has 0 saturated heterocycles. The molecule has 0 aliphatic carbocycles. The minimum Gasteiger partial charge on any atom is -0.474 e. The number of aryl methyl sites for hydroxylation is 1. The average Bonchev–Trinajstić information content (AvgIpc) is 3.14. The Bertz CT molecular complexity index is 1260. The number of carbonyl (C=O) groups is 3. The first kappa shape index (κ1) is 25.7. The molecule has 35 heavy (non-hydrogen) atoms. The van der Waals surface area contributed by atoms with Crippen LogP contribution >= 0.6 is 11.6 Å². The number of carboxylic acid groups (broad SMARTS) is 1. The van der Waals surface area contributed by atoms with Crippen molar-refractivity contribution >= 4 is 29.4 Å². The molecule has 1 amide bonds. The molecular formula is C24H22ClNO9. The van der Waals surface area contributed by atoms with Crippen molar-refractivity contribution in [2.24, 2.45) is 0 Å². The summed E-state index contributed by atoms with van der Waals surface area (Å²) in [5.41, 5.74) is 2.52. The highest BCUT2D eigenvalue weighted by molar-refractivity contribution is 6.31. The summed E-state index contributed by atoms with van der Waals surface area (Å²) in [4.78, 5) is 46.0. The van der Waals surface area contributed by atoms with Crippen molar-refractivity contribution in [2.45, 2.75) is 38.5 Å². The van der Waals surface area contributed by atoms with Crippen LogP contribution < -0.4 is 11.1 Å². The highest BCUT2D eigenvalue weighted by Crippen LogP contribution is 2.23.